The van der Waals surface area contributed by atoms with Gasteiger partial charge >= 0.3 is 0 Å². The van der Waals surface area contributed by atoms with Crippen LogP contribution in [-0.4, -0.2) is 83.6 Å². The molecule has 0 bridgehead atoms. The van der Waals surface area contributed by atoms with Gasteiger partial charge in [-0.1, -0.05) is 0 Å². The van der Waals surface area contributed by atoms with Crippen LogP contribution in [0.4, 0.5) is 17.1 Å². The second-order valence-corrected chi connectivity index (χ2v) is 12.9. The van der Waals surface area contributed by atoms with E-state index in [0.29, 0.717) is 64.1 Å². The van der Waals surface area contributed by atoms with Crippen molar-refractivity contribution in [3.63, 3.8) is 0 Å². The molecule has 2 saturated heterocycles. The topological polar surface area (TPSA) is 148 Å². The van der Waals surface area contributed by atoms with Crippen LogP contribution in [0.25, 0.3) is 11.0 Å². The van der Waals surface area contributed by atoms with Crippen LogP contribution in [0.5, 0.6) is 11.5 Å². The van der Waals surface area contributed by atoms with Gasteiger partial charge < -0.3 is 38.9 Å². The zero-order chi connectivity index (χ0) is 34.8. The minimum atomic E-state index is -0.352. The van der Waals surface area contributed by atoms with Gasteiger partial charge in [0.2, 0.25) is 5.91 Å². The average Bonchev–Trinajstić information content (AvgIpc) is 3.85. The molecular weight excluding hydrogens is 640 g/mol. The van der Waals surface area contributed by atoms with Crippen molar-refractivity contribution >= 4 is 57.9 Å². The van der Waals surface area contributed by atoms with E-state index in [1.807, 2.05) is 16.0 Å². The molecule has 4 amide bonds. The van der Waals surface area contributed by atoms with Crippen LogP contribution < -0.4 is 20.1 Å². The van der Waals surface area contributed by atoms with Gasteiger partial charge in [0.15, 0.2) is 17.3 Å². The van der Waals surface area contributed by atoms with Gasteiger partial charge in [0.05, 0.1) is 36.7 Å². The fraction of sp³-hybridized carbons (Fsp3) is 0.378. The number of aryl methyl sites for hydroxylation is 1. The summed E-state index contributed by atoms with van der Waals surface area (Å²) in [6, 6.07) is 12.0. The van der Waals surface area contributed by atoms with E-state index < -0.39 is 0 Å². The summed E-state index contributed by atoms with van der Waals surface area (Å²) in [4.78, 5) is 60.2. The van der Waals surface area contributed by atoms with Crippen molar-refractivity contribution in [2.24, 2.45) is 12.0 Å². The average molecular weight is 681 g/mol. The maximum Gasteiger partial charge on any atom is 0.289 e. The fourth-order valence-electron chi connectivity index (χ4n) is 6.79. The number of hydrogen-bond donors (Lipinski definition) is 2. The Morgan fingerprint density at radius 3 is 2.62 bits per heavy atom. The highest BCUT2D eigenvalue weighted by atomic mass is 16.5. The quantitative estimate of drug-likeness (QED) is 0.202. The van der Waals surface area contributed by atoms with Crippen molar-refractivity contribution in [2.45, 2.75) is 51.0 Å². The van der Waals surface area contributed by atoms with Gasteiger partial charge in [0, 0.05) is 62.7 Å². The number of furan rings is 1. The molecule has 260 valence electrons. The van der Waals surface area contributed by atoms with Gasteiger partial charge in [0.1, 0.15) is 11.3 Å². The lowest BCUT2D eigenvalue weighted by Gasteiger charge is -2.25. The summed E-state index contributed by atoms with van der Waals surface area (Å²) in [7, 11) is 3.25. The largest absolute Gasteiger partial charge is 0.493 e. The Labute approximate surface area is 289 Å². The number of amides is 4. The van der Waals surface area contributed by atoms with Crippen molar-refractivity contribution in [1.82, 2.24) is 14.4 Å². The summed E-state index contributed by atoms with van der Waals surface area (Å²) in [6.07, 6.45) is 9.09. The number of hydrogen-bond acceptors (Lipinski definition) is 8. The van der Waals surface area contributed by atoms with E-state index in [1.165, 1.54) is 7.11 Å². The monoisotopic (exact) mass is 680 g/mol. The minimum absolute atomic E-state index is 0.00769. The normalized spacial score (nSPS) is 16.9. The molecule has 1 atom stereocenters. The summed E-state index contributed by atoms with van der Waals surface area (Å²) in [5.74, 6) is 0.427. The lowest BCUT2D eigenvalue weighted by Crippen LogP contribution is -2.35. The molecule has 3 aliphatic heterocycles. The Bertz CT molecular complexity index is 1990. The summed E-state index contributed by atoms with van der Waals surface area (Å²) < 4.78 is 18.9. The van der Waals surface area contributed by atoms with Crippen molar-refractivity contribution < 1.29 is 33.1 Å². The number of benzene rings is 2. The zero-order valence-corrected chi connectivity index (χ0v) is 28.2. The maximum atomic E-state index is 13.2. The lowest BCUT2D eigenvalue weighted by molar-refractivity contribution is -0.116. The Kier molecular flexibility index (Phi) is 9.29. The molecule has 7 rings (SSSR count). The van der Waals surface area contributed by atoms with Crippen LogP contribution in [0.1, 0.15) is 76.3 Å². The molecular formula is C37H40N6O7. The molecule has 2 aromatic carbocycles. The third kappa shape index (κ3) is 6.80. The molecule has 5 heterocycles. The molecule has 4 aromatic rings. The first-order valence-electron chi connectivity index (χ1n) is 17.1. The fourth-order valence-corrected chi connectivity index (χ4v) is 6.79. The first-order valence-corrected chi connectivity index (χ1v) is 17.1. The van der Waals surface area contributed by atoms with E-state index in [1.54, 1.807) is 60.3 Å². The van der Waals surface area contributed by atoms with Gasteiger partial charge in [-0.3, -0.25) is 24.2 Å². The number of likely N-dealkylation sites (tertiary alicyclic amines) is 1. The van der Waals surface area contributed by atoms with Crippen molar-refractivity contribution in [1.29, 1.82) is 0 Å². The molecule has 2 aromatic heterocycles. The van der Waals surface area contributed by atoms with Gasteiger partial charge in [-0.2, -0.15) is 0 Å². The summed E-state index contributed by atoms with van der Waals surface area (Å²) >= 11 is 0. The standard InChI is InChI=1S/C37H40N6O7/c1-41-22-25(18-29(41)35(45)40-24-10-11-30-23(16-24)17-33(50-30)37(47)42-12-4-3-5-13-42)39-34(44)9-7-15-49-32-20-28-27(19-31(32)48-2)36(46)43-14-6-8-26(43)21-38-28/h10-11,16-22,26H,3-9,12-15H2,1-2H3,(H,39,44)(H,40,45). The van der Waals surface area contributed by atoms with Crippen LogP contribution in [0.15, 0.2) is 58.1 Å². The van der Waals surface area contributed by atoms with E-state index in [-0.39, 0.29) is 42.7 Å². The zero-order valence-electron chi connectivity index (χ0n) is 28.2. The first-order chi connectivity index (χ1) is 24.3. The number of anilines is 2. The molecule has 50 heavy (non-hydrogen) atoms. The van der Waals surface area contributed by atoms with Gasteiger partial charge in [-0.05, 0) is 74.9 Å². The smallest absolute Gasteiger partial charge is 0.289 e. The summed E-state index contributed by atoms with van der Waals surface area (Å²) in [5, 5.41) is 6.46. The van der Waals surface area contributed by atoms with E-state index in [0.717, 1.165) is 50.6 Å². The molecule has 0 aliphatic carbocycles. The van der Waals surface area contributed by atoms with E-state index >= 15 is 0 Å². The lowest BCUT2D eigenvalue weighted by atomic mass is 10.1. The number of nitrogens with one attached hydrogen (secondary N) is 2. The Morgan fingerprint density at radius 2 is 1.80 bits per heavy atom. The van der Waals surface area contributed by atoms with Crippen LogP contribution in [-0.2, 0) is 11.8 Å². The van der Waals surface area contributed by atoms with Gasteiger partial charge in [-0.25, -0.2) is 0 Å². The van der Waals surface area contributed by atoms with Crippen LogP contribution in [0.3, 0.4) is 0 Å². The number of rotatable bonds is 10. The molecule has 13 nitrogen and oxygen atoms in total. The predicted molar refractivity (Wildman–Crippen MR) is 188 cm³/mol. The number of aliphatic imine (C=N–C) groups is 1. The number of nitrogens with zero attached hydrogens (tertiary/aromatic N) is 4. The number of ether oxygens (including phenoxy) is 2. The Balaban J connectivity index is 0.917. The number of piperidine rings is 1. The summed E-state index contributed by atoms with van der Waals surface area (Å²) in [5.41, 5.74) is 2.99. The number of fused-ring (bicyclic) bond motifs is 3. The molecule has 13 heteroatoms. The van der Waals surface area contributed by atoms with Gasteiger partial charge in [-0.15, -0.1) is 0 Å². The first kappa shape index (κ1) is 32.9. The molecule has 3 aliphatic rings. The van der Waals surface area contributed by atoms with E-state index in [4.69, 9.17) is 13.9 Å². The molecule has 2 fully saturated rings. The van der Waals surface area contributed by atoms with Crippen molar-refractivity contribution in [2.75, 3.05) is 44.0 Å². The number of carbonyl (C=O) groups excluding carboxylic acids is 4. The predicted octanol–water partition coefficient (Wildman–Crippen LogP) is 5.78. The Hall–Kier alpha value is -5.59. The molecule has 1 unspecified atom stereocenters. The summed E-state index contributed by atoms with van der Waals surface area (Å²) in [6.45, 7) is 2.42. The van der Waals surface area contributed by atoms with Crippen LogP contribution >= 0.6 is 0 Å². The number of methoxy groups -OCH3 is 1. The molecule has 0 saturated carbocycles. The Morgan fingerprint density at radius 1 is 0.960 bits per heavy atom. The molecule has 0 spiro atoms. The van der Waals surface area contributed by atoms with Crippen molar-refractivity contribution in [3.05, 3.63) is 65.7 Å². The highest BCUT2D eigenvalue weighted by molar-refractivity contribution is 6.06. The van der Waals surface area contributed by atoms with E-state index in [2.05, 4.69) is 15.6 Å². The molecule has 0 radical (unpaired) electrons. The van der Waals surface area contributed by atoms with Crippen LogP contribution in [0.2, 0.25) is 0 Å². The molecule has 2 N–H and O–H groups in total. The second kappa shape index (κ2) is 14.1. The number of aromatic nitrogens is 1. The second-order valence-electron chi connectivity index (χ2n) is 12.9. The highest BCUT2D eigenvalue weighted by Crippen LogP contribution is 2.38. The maximum absolute atomic E-state index is 13.2. The van der Waals surface area contributed by atoms with Crippen LogP contribution in [0, 0.1) is 0 Å². The number of carbonyl (C=O) groups is 4. The third-order valence-corrected chi connectivity index (χ3v) is 9.41. The highest BCUT2D eigenvalue weighted by Gasteiger charge is 2.32. The van der Waals surface area contributed by atoms with E-state index in [9.17, 15) is 19.2 Å². The third-order valence-electron chi connectivity index (χ3n) is 9.41. The minimum Gasteiger partial charge on any atom is -0.493 e. The SMILES string of the molecule is COc1cc2c(cc1OCCCC(=O)Nc1cc(C(=O)Nc3ccc4oc(C(=O)N5CCCCC5)cc4c3)n(C)c1)N=CC1CCCN1C2=O. The van der Waals surface area contributed by atoms with Gasteiger partial charge in [0.25, 0.3) is 17.7 Å². The van der Waals surface area contributed by atoms with Crippen molar-refractivity contribution in [3.8, 4) is 11.5 Å².